The van der Waals surface area contributed by atoms with Crippen LogP contribution in [0.1, 0.15) is 31.4 Å². The summed E-state index contributed by atoms with van der Waals surface area (Å²) in [5, 5.41) is 0. The number of hydrogen-bond donors (Lipinski definition) is 0. The predicted molar refractivity (Wildman–Crippen MR) is 94.7 cm³/mol. The number of benzene rings is 1. The van der Waals surface area contributed by atoms with Crippen LogP contribution in [0.15, 0.2) is 60.7 Å². The Morgan fingerprint density at radius 2 is 1.52 bits per heavy atom. The lowest BCUT2D eigenvalue weighted by Crippen LogP contribution is -2.22. The molecule has 0 spiro atoms. The maximum atomic E-state index is 2.40. The topological polar surface area (TPSA) is 3.24 Å². The summed E-state index contributed by atoms with van der Waals surface area (Å²) in [6.45, 7) is 9.84. The quantitative estimate of drug-likeness (QED) is 0.458. The molecule has 0 unspecified atom stereocenters. The molecule has 1 rings (SSSR count). The number of nitrogens with zero attached hydrogens (tertiary/aromatic N) is 1. The Morgan fingerprint density at radius 1 is 0.857 bits per heavy atom. The highest BCUT2D eigenvalue weighted by atomic mass is 15.1. The lowest BCUT2D eigenvalue weighted by Gasteiger charge is -2.14. The first-order valence-corrected chi connectivity index (χ1v) is 8.00. The Balaban J connectivity index is 2.18. The summed E-state index contributed by atoms with van der Waals surface area (Å²) in [6, 6.07) is 8.72. The van der Waals surface area contributed by atoms with Gasteiger partial charge >= 0.3 is 0 Å². The summed E-state index contributed by atoms with van der Waals surface area (Å²) < 4.78 is 0. The van der Waals surface area contributed by atoms with E-state index < -0.39 is 0 Å². The van der Waals surface area contributed by atoms with Crippen molar-refractivity contribution >= 4 is 0 Å². The van der Waals surface area contributed by atoms with Gasteiger partial charge < -0.3 is 4.90 Å². The molecule has 1 nitrogen and oxygen atoms in total. The van der Waals surface area contributed by atoms with E-state index in [4.69, 9.17) is 0 Å². The highest BCUT2D eigenvalue weighted by Crippen LogP contribution is 2.04. The molecular formula is C20H29N. The van der Waals surface area contributed by atoms with Gasteiger partial charge in [0.05, 0.1) is 0 Å². The van der Waals surface area contributed by atoms with E-state index in [0.717, 1.165) is 32.5 Å². The van der Waals surface area contributed by atoms with Crippen LogP contribution in [0.5, 0.6) is 0 Å². The number of hydrogen-bond acceptors (Lipinski definition) is 1. The van der Waals surface area contributed by atoms with E-state index in [1.54, 1.807) is 0 Å². The third kappa shape index (κ3) is 8.31. The minimum Gasteiger partial charge on any atom is -0.300 e. The number of aryl methyl sites for hydroxylation is 1. The van der Waals surface area contributed by atoms with Gasteiger partial charge in [-0.05, 0) is 38.4 Å². The second-order valence-corrected chi connectivity index (χ2v) is 5.24. The van der Waals surface area contributed by atoms with Crippen molar-refractivity contribution in [3.8, 4) is 0 Å². The van der Waals surface area contributed by atoms with Crippen LogP contribution in [0.4, 0.5) is 0 Å². The number of allylic oxidation sites excluding steroid dienone is 5. The molecule has 0 aliphatic carbocycles. The van der Waals surface area contributed by atoms with E-state index in [1.807, 2.05) is 0 Å². The first-order chi connectivity index (χ1) is 10.3. The van der Waals surface area contributed by atoms with Crippen LogP contribution in [0, 0.1) is 6.92 Å². The van der Waals surface area contributed by atoms with Crippen LogP contribution < -0.4 is 0 Å². The smallest absolute Gasteiger partial charge is 0.0163 e. The van der Waals surface area contributed by atoms with E-state index >= 15 is 0 Å². The van der Waals surface area contributed by atoms with Crippen molar-refractivity contribution < 1.29 is 0 Å². The van der Waals surface area contributed by atoms with Gasteiger partial charge in [0.1, 0.15) is 0 Å². The van der Waals surface area contributed by atoms with Crippen molar-refractivity contribution in [1.29, 1.82) is 0 Å². The van der Waals surface area contributed by atoms with Gasteiger partial charge in [-0.2, -0.15) is 0 Å². The Morgan fingerprint density at radius 3 is 2.19 bits per heavy atom. The molecule has 0 radical (unpaired) electrons. The maximum Gasteiger partial charge on any atom is 0.0163 e. The zero-order valence-corrected chi connectivity index (χ0v) is 13.8. The predicted octanol–water partition coefficient (Wildman–Crippen LogP) is 4.94. The molecule has 0 bridgehead atoms. The zero-order valence-electron chi connectivity index (χ0n) is 13.8. The first-order valence-electron chi connectivity index (χ1n) is 8.00. The average Bonchev–Trinajstić information content (AvgIpc) is 2.51. The minimum absolute atomic E-state index is 1.00. The maximum absolute atomic E-state index is 2.40. The molecule has 0 saturated carbocycles. The van der Waals surface area contributed by atoms with Crippen molar-refractivity contribution in [1.82, 2.24) is 4.90 Å². The van der Waals surface area contributed by atoms with Gasteiger partial charge in [-0.25, -0.2) is 0 Å². The second-order valence-electron chi connectivity index (χ2n) is 5.24. The normalized spacial score (nSPS) is 12.4. The molecule has 1 heteroatoms. The van der Waals surface area contributed by atoms with Crippen LogP contribution >= 0.6 is 0 Å². The van der Waals surface area contributed by atoms with Crippen molar-refractivity contribution in [3.63, 3.8) is 0 Å². The van der Waals surface area contributed by atoms with E-state index in [-0.39, 0.29) is 0 Å². The fourth-order valence-electron chi connectivity index (χ4n) is 2.04. The van der Waals surface area contributed by atoms with Crippen molar-refractivity contribution in [2.75, 3.05) is 19.6 Å². The Hall–Kier alpha value is -1.60. The third-order valence-corrected chi connectivity index (χ3v) is 3.55. The molecule has 0 amide bonds. The van der Waals surface area contributed by atoms with Gasteiger partial charge in [-0.3, -0.25) is 0 Å². The first kappa shape index (κ1) is 17.5. The highest BCUT2D eigenvalue weighted by Gasteiger charge is 1.92. The molecule has 0 N–H and O–H groups in total. The molecular weight excluding hydrogens is 254 g/mol. The minimum atomic E-state index is 1.00. The van der Waals surface area contributed by atoms with Crippen LogP contribution in [-0.2, 0) is 6.42 Å². The van der Waals surface area contributed by atoms with Crippen molar-refractivity contribution in [3.05, 3.63) is 71.8 Å². The summed E-state index contributed by atoms with van der Waals surface area (Å²) in [4.78, 5) is 2.40. The SMILES string of the molecule is CCN(CC)C/C=C\C/C=C\C=C/Cc1ccc(C)cc1. The van der Waals surface area contributed by atoms with Gasteiger partial charge in [0.25, 0.3) is 0 Å². The second kappa shape index (κ2) is 11.1. The Labute approximate surface area is 130 Å². The molecule has 0 aromatic heterocycles. The van der Waals surface area contributed by atoms with E-state index in [9.17, 15) is 0 Å². The molecule has 0 saturated heterocycles. The summed E-state index contributed by atoms with van der Waals surface area (Å²) >= 11 is 0. The van der Waals surface area contributed by atoms with E-state index in [0.29, 0.717) is 0 Å². The zero-order chi connectivity index (χ0) is 15.3. The summed E-state index contributed by atoms with van der Waals surface area (Å²) in [5.41, 5.74) is 2.68. The van der Waals surface area contributed by atoms with Gasteiger partial charge in [-0.1, -0.05) is 80.1 Å². The van der Waals surface area contributed by atoms with Crippen LogP contribution in [0.2, 0.25) is 0 Å². The standard InChI is InChI=1S/C20H29N/c1-4-21(5-2)18-12-10-8-6-7-9-11-13-20-16-14-19(3)15-17-20/h6-7,9-12,14-17H,4-5,8,13,18H2,1-3H3/b7-6-,11-9-,12-10-. The molecule has 1 aromatic rings. The van der Waals surface area contributed by atoms with Crippen LogP contribution in [0.3, 0.4) is 0 Å². The number of rotatable bonds is 9. The fraction of sp³-hybridized carbons (Fsp3) is 0.400. The van der Waals surface area contributed by atoms with Gasteiger partial charge in [0.2, 0.25) is 0 Å². The molecule has 21 heavy (non-hydrogen) atoms. The van der Waals surface area contributed by atoms with Crippen molar-refractivity contribution in [2.45, 2.75) is 33.6 Å². The average molecular weight is 283 g/mol. The van der Waals surface area contributed by atoms with Crippen molar-refractivity contribution in [2.24, 2.45) is 0 Å². The molecule has 0 aliphatic heterocycles. The van der Waals surface area contributed by atoms with Gasteiger partial charge in [0, 0.05) is 6.54 Å². The highest BCUT2D eigenvalue weighted by molar-refractivity contribution is 5.23. The largest absolute Gasteiger partial charge is 0.300 e. The van der Waals surface area contributed by atoms with Gasteiger partial charge in [-0.15, -0.1) is 0 Å². The third-order valence-electron chi connectivity index (χ3n) is 3.55. The monoisotopic (exact) mass is 283 g/mol. The molecule has 0 heterocycles. The Bertz CT molecular complexity index is 447. The fourth-order valence-corrected chi connectivity index (χ4v) is 2.04. The Kier molecular flexibility index (Phi) is 9.23. The van der Waals surface area contributed by atoms with Gasteiger partial charge in [0.15, 0.2) is 0 Å². The molecule has 114 valence electrons. The summed E-state index contributed by atoms with van der Waals surface area (Å²) in [6.07, 6.45) is 15.2. The summed E-state index contributed by atoms with van der Waals surface area (Å²) in [7, 11) is 0. The summed E-state index contributed by atoms with van der Waals surface area (Å²) in [5.74, 6) is 0. The number of likely N-dealkylation sites (N-methyl/N-ethyl adjacent to an activating group) is 1. The van der Waals surface area contributed by atoms with E-state index in [2.05, 4.69) is 86.4 Å². The lowest BCUT2D eigenvalue weighted by atomic mass is 10.1. The van der Waals surface area contributed by atoms with Crippen LogP contribution in [0.25, 0.3) is 0 Å². The molecule has 0 fully saturated rings. The lowest BCUT2D eigenvalue weighted by molar-refractivity contribution is 0.337. The molecule has 0 aliphatic rings. The molecule has 0 atom stereocenters. The molecule has 1 aromatic carbocycles. The van der Waals surface area contributed by atoms with E-state index in [1.165, 1.54) is 11.1 Å². The van der Waals surface area contributed by atoms with Crippen LogP contribution in [-0.4, -0.2) is 24.5 Å².